The van der Waals surface area contributed by atoms with Crippen LogP contribution < -0.4 is 10.7 Å². The molecule has 3 heterocycles. The molecule has 0 bridgehead atoms. The minimum Gasteiger partial charge on any atom is -0.408 e. The van der Waals surface area contributed by atoms with Crippen LogP contribution in [0.2, 0.25) is 0 Å². The zero-order chi connectivity index (χ0) is 20.0. The first-order valence-corrected chi connectivity index (χ1v) is 10.5. The van der Waals surface area contributed by atoms with Gasteiger partial charge in [-0.1, -0.05) is 0 Å². The molecule has 4 aromatic rings. The molecule has 29 heavy (non-hydrogen) atoms. The number of oxazole rings is 1. The molecule has 148 valence electrons. The Hall–Kier alpha value is -3.24. The van der Waals surface area contributed by atoms with E-state index in [2.05, 4.69) is 19.9 Å². The number of sulfonamides is 1. The number of fused-ring (bicyclic) bond motifs is 2. The van der Waals surface area contributed by atoms with Gasteiger partial charge in [-0.25, -0.2) is 23.2 Å². The van der Waals surface area contributed by atoms with Crippen LogP contribution in [0, 0.1) is 0 Å². The number of rotatable bonds is 3. The fourth-order valence-corrected chi connectivity index (χ4v) is 5.05. The summed E-state index contributed by atoms with van der Waals surface area (Å²) in [4.78, 5) is 24.4. The smallest absolute Gasteiger partial charge is 0.408 e. The van der Waals surface area contributed by atoms with E-state index in [1.807, 2.05) is 18.2 Å². The van der Waals surface area contributed by atoms with Crippen molar-refractivity contribution in [3.63, 3.8) is 0 Å². The Kier molecular flexibility index (Phi) is 4.10. The molecule has 0 saturated carbocycles. The summed E-state index contributed by atoms with van der Waals surface area (Å²) in [6.45, 7) is 1.88. The molecule has 2 aromatic heterocycles. The van der Waals surface area contributed by atoms with Crippen LogP contribution in [0.25, 0.3) is 22.0 Å². The van der Waals surface area contributed by atoms with Gasteiger partial charge in [0.05, 0.1) is 15.9 Å². The van der Waals surface area contributed by atoms with Crippen LogP contribution in [0.1, 0.15) is 0 Å². The molecule has 0 unspecified atom stereocenters. The Morgan fingerprint density at radius 2 is 1.86 bits per heavy atom. The maximum Gasteiger partial charge on any atom is 0.417 e. The Morgan fingerprint density at radius 1 is 1.03 bits per heavy atom. The second-order valence-corrected chi connectivity index (χ2v) is 8.77. The molecule has 10 heteroatoms. The predicted molar refractivity (Wildman–Crippen MR) is 107 cm³/mol. The SMILES string of the molecule is O=c1[nH]c2cc(S(=O)(=O)N3CCN(c4ccc5ncncc5c4)CC3)ccc2o1. The molecular weight excluding hydrogens is 394 g/mol. The van der Waals surface area contributed by atoms with Gasteiger partial charge >= 0.3 is 5.76 Å². The molecular formula is C19H17N5O4S. The van der Waals surface area contributed by atoms with E-state index in [0.29, 0.717) is 37.3 Å². The summed E-state index contributed by atoms with van der Waals surface area (Å²) in [7, 11) is -3.66. The van der Waals surface area contributed by atoms with Crippen molar-refractivity contribution in [1.29, 1.82) is 0 Å². The molecule has 1 aliphatic heterocycles. The fraction of sp³-hybridized carbons (Fsp3) is 0.211. The lowest BCUT2D eigenvalue weighted by molar-refractivity contribution is 0.385. The van der Waals surface area contributed by atoms with E-state index in [0.717, 1.165) is 16.6 Å². The highest BCUT2D eigenvalue weighted by atomic mass is 32.2. The van der Waals surface area contributed by atoms with E-state index in [1.165, 1.54) is 28.8 Å². The molecule has 9 nitrogen and oxygen atoms in total. The number of aromatic amines is 1. The summed E-state index contributed by atoms with van der Waals surface area (Å²) in [5, 5.41) is 0.947. The lowest BCUT2D eigenvalue weighted by Gasteiger charge is -2.35. The van der Waals surface area contributed by atoms with Gasteiger partial charge in [0, 0.05) is 43.4 Å². The number of benzene rings is 2. The van der Waals surface area contributed by atoms with E-state index >= 15 is 0 Å². The van der Waals surface area contributed by atoms with Gasteiger partial charge in [0.15, 0.2) is 5.58 Å². The van der Waals surface area contributed by atoms with Crippen LogP contribution >= 0.6 is 0 Å². The van der Waals surface area contributed by atoms with Gasteiger partial charge in [0.25, 0.3) is 0 Å². The van der Waals surface area contributed by atoms with Gasteiger partial charge in [0.1, 0.15) is 6.33 Å². The van der Waals surface area contributed by atoms with E-state index in [-0.39, 0.29) is 4.90 Å². The average Bonchev–Trinajstić information content (AvgIpc) is 3.12. The van der Waals surface area contributed by atoms with Crippen molar-refractivity contribution in [2.45, 2.75) is 4.90 Å². The molecule has 5 rings (SSSR count). The maximum atomic E-state index is 13.0. The lowest BCUT2D eigenvalue weighted by Crippen LogP contribution is -2.48. The molecule has 1 N–H and O–H groups in total. The maximum absolute atomic E-state index is 13.0. The fourth-order valence-electron chi connectivity index (χ4n) is 3.60. The molecule has 0 radical (unpaired) electrons. The van der Waals surface area contributed by atoms with Crippen molar-refractivity contribution in [2.24, 2.45) is 0 Å². The van der Waals surface area contributed by atoms with Crippen molar-refractivity contribution in [1.82, 2.24) is 19.3 Å². The first-order valence-electron chi connectivity index (χ1n) is 9.08. The second kappa shape index (κ2) is 6.68. The number of piperazine rings is 1. The quantitative estimate of drug-likeness (QED) is 0.544. The molecule has 0 aliphatic carbocycles. The molecule has 1 aliphatic rings. The molecule has 0 spiro atoms. The van der Waals surface area contributed by atoms with Crippen molar-refractivity contribution in [2.75, 3.05) is 31.1 Å². The van der Waals surface area contributed by atoms with E-state index < -0.39 is 15.8 Å². The monoisotopic (exact) mass is 411 g/mol. The van der Waals surface area contributed by atoms with Crippen molar-refractivity contribution in [3.05, 3.63) is 59.5 Å². The number of hydrogen-bond acceptors (Lipinski definition) is 7. The summed E-state index contributed by atoms with van der Waals surface area (Å²) < 4.78 is 32.5. The summed E-state index contributed by atoms with van der Waals surface area (Å²) in [5.74, 6) is -0.607. The third kappa shape index (κ3) is 3.15. The second-order valence-electron chi connectivity index (χ2n) is 6.83. The van der Waals surface area contributed by atoms with Gasteiger partial charge in [0.2, 0.25) is 10.0 Å². The van der Waals surface area contributed by atoms with Crippen molar-refractivity contribution in [3.8, 4) is 0 Å². The van der Waals surface area contributed by atoms with Crippen molar-refractivity contribution >= 4 is 37.7 Å². The average molecular weight is 411 g/mol. The topological polar surface area (TPSA) is 112 Å². The number of H-pyrrole nitrogens is 1. The molecule has 0 atom stereocenters. The summed E-state index contributed by atoms with van der Waals surface area (Å²) in [5.41, 5.74) is 2.59. The number of nitrogens with zero attached hydrogens (tertiary/aromatic N) is 4. The largest absolute Gasteiger partial charge is 0.417 e. The van der Waals surface area contributed by atoms with Crippen LogP contribution in [0.4, 0.5) is 5.69 Å². The summed E-state index contributed by atoms with van der Waals surface area (Å²) in [6.07, 6.45) is 3.28. The molecule has 0 amide bonds. The number of anilines is 1. The third-order valence-electron chi connectivity index (χ3n) is 5.12. The van der Waals surface area contributed by atoms with Crippen LogP contribution in [0.15, 0.2) is 63.0 Å². The van der Waals surface area contributed by atoms with E-state index in [1.54, 1.807) is 6.20 Å². The molecule has 1 fully saturated rings. The van der Waals surface area contributed by atoms with Gasteiger partial charge in [-0.3, -0.25) is 4.98 Å². The molecule has 2 aromatic carbocycles. The summed E-state index contributed by atoms with van der Waals surface area (Å²) in [6, 6.07) is 10.3. The highest BCUT2D eigenvalue weighted by Gasteiger charge is 2.29. The highest BCUT2D eigenvalue weighted by Crippen LogP contribution is 2.25. The van der Waals surface area contributed by atoms with Gasteiger partial charge < -0.3 is 9.32 Å². The standard InChI is InChI=1S/C19H17N5O4S/c25-19-22-17-10-15(2-4-18(17)28-19)29(26,27)24-7-5-23(6-8-24)14-1-3-16-13(9-14)11-20-12-21-16/h1-4,9-12H,5-8H2,(H,22,25). The minimum absolute atomic E-state index is 0.137. The normalized spacial score (nSPS) is 15.9. The first-order chi connectivity index (χ1) is 14.0. The number of aromatic nitrogens is 3. The van der Waals surface area contributed by atoms with Gasteiger partial charge in [-0.2, -0.15) is 4.31 Å². The third-order valence-corrected chi connectivity index (χ3v) is 7.01. The van der Waals surface area contributed by atoms with Gasteiger partial charge in [-0.05, 0) is 36.4 Å². The van der Waals surface area contributed by atoms with Crippen LogP contribution in [0.5, 0.6) is 0 Å². The Morgan fingerprint density at radius 3 is 2.69 bits per heavy atom. The molecule has 1 saturated heterocycles. The van der Waals surface area contributed by atoms with Crippen LogP contribution in [0.3, 0.4) is 0 Å². The predicted octanol–water partition coefficient (Wildman–Crippen LogP) is 1.58. The van der Waals surface area contributed by atoms with E-state index in [9.17, 15) is 13.2 Å². The van der Waals surface area contributed by atoms with Crippen molar-refractivity contribution < 1.29 is 12.8 Å². The Balaban J connectivity index is 1.36. The van der Waals surface area contributed by atoms with Gasteiger partial charge in [-0.15, -0.1) is 0 Å². The van der Waals surface area contributed by atoms with Crippen LogP contribution in [-0.4, -0.2) is 53.9 Å². The first kappa shape index (κ1) is 17.8. The summed E-state index contributed by atoms with van der Waals surface area (Å²) >= 11 is 0. The Labute approximate surface area is 165 Å². The Bertz CT molecular complexity index is 1370. The van der Waals surface area contributed by atoms with E-state index in [4.69, 9.17) is 4.42 Å². The zero-order valence-corrected chi connectivity index (χ0v) is 16.1. The highest BCUT2D eigenvalue weighted by molar-refractivity contribution is 7.89. The lowest BCUT2D eigenvalue weighted by atomic mass is 10.2. The van der Waals surface area contributed by atoms with Crippen LogP contribution in [-0.2, 0) is 10.0 Å². The number of hydrogen-bond donors (Lipinski definition) is 1. The number of nitrogens with one attached hydrogen (secondary N) is 1. The zero-order valence-electron chi connectivity index (χ0n) is 15.3. The minimum atomic E-state index is -3.66.